The highest BCUT2D eigenvalue weighted by Gasteiger charge is 2.30. The van der Waals surface area contributed by atoms with Gasteiger partial charge in [0.15, 0.2) is 11.6 Å². The van der Waals surface area contributed by atoms with Gasteiger partial charge in [0, 0.05) is 43.4 Å². The van der Waals surface area contributed by atoms with E-state index in [0.717, 1.165) is 98.0 Å². The van der Waals surface area contributed by atoms with Crippen molar-refractivity contribution in [2.24, 2.45) is 0 Å². The van der Waals surface area contributed by atoms with Crippen LogP contribution in [0, 0.1) is 11.6 Å². The largest absolute Gasteiger partial charge is 0.416 e. The minimum absolute atomic E-state index is 0.217. The number of hydrogen-bond donors (Lipinski definition) is 0. The summed E-state index contributed by atoms with van der Waals surface area (Å²) in [7, 11) is 0. The maximum absolute atomic E-state index is 14.5. The van der Waals surface area contributed by atoms with Crippen LogP contribution in [0.3, 0.4) is 0 Å². The van der Waals surface area contributed by atoms with Gasteiger partial charge in [0.05, 0.1) is 5.56 Å². The molecule has 0 amide bonds. The number of nitrogens with zero attached hydrogens (tertiary/aromatic N) is 4. The molecule has 0 spiro atoms. The molecule has 1 aliphatic carbocycles. The first-order chi connectivity index (χ1) is 23.1. The highest BCUT2D eigenvalue weighted by atomic mass is 19.4. The van der Waals surface area contributed by atoms with Crippen LogP contribution < -0.4 is 5.56 Å². The number of alkyl halides is 3. The van der Waals surface area contributed by atoms with Crippen LogP contribution in [0.15, 0.2) is 71.5 Å². The average Bonchev–Trinajstić information content (AvgIpc) is 3.59. The molecule has 0 bridgehead atoms. The smallest absolute Gasteiger partial charge is 0.332 e. The first-order valence-corrected chi connectivity index (χ1v) is 16.9. The van der Waals surface area contributed by atoms with E-state index in [4.69, 9.17) is 0 Å². The molecule has 0 atom stereocenters. The number of benzene rings is 3. The van der Waals surface area contributed by atoms with Gasteiger partial charge >= 0.3 is 6.18 Å². The molecular weight excluding hydrogens is 623 g/mol. The topological polar surface area (TPSA) is 41.4 Å². The van der Waals surface area contributed by atoms with Gasteiger partial charge in [-0.1, -0.05) is 55.5 Å². The van der Waals surface area contributed by atoms with Crippen molar-refractivity contribution in [1.29, 1.82) is 0 Å². The standard InChI is InChI=1S/C38H41F5N4O/c1-2-45-21-19-31(20-22-45)46(25-26-9-11-27(12-10-26)28-13-16-30(17-14-28)38(41,42)43)23-24-47-34-8-4-6-32(34)37(48)44-35(47)18-15-29-5-3-7-33(39)36(29)40/h3,5,7,9-14,16-17,31H,2,4,6,8,15,18-25H2,1H3. The Kier molecular flexibility index (Phi) is 10.4. The zero-order valence-corrected chi connectivity index (χ0v) is 27.2. The molecule has 1 saturated heterocycles. The average molecular weight is 665 g/mol. The van der Waals surface area contributed by atoms with Crippen molar-refractivity contribution in [2.75, 3.05) is 26.2 Å². The Hall–Kier alpha value is -3.89. The first kappa shape index (κ1) is 34.0. The molecule has 1 fully saturated rings. The molecule has 10 heteroatoms. The van der Waals surface area contributed by atoms with E-state index >= 15 is 0 Å². The minimum Gasteiger partial charge on any atom is -0.332 e. The van der Waals surface area contributed by atoms with Gasteiger partial charge in [0.2, 0.25) is 0 Å². The molecule has 5 nitrogen and oxygen atoms in total. The number of piperidine rings is 1. The Bertz CT molecular complexity index is 1760. The molecule has 0 radical (unpaired) electrons. The van der Waals surface area contributed by atoms with Crippen LogP contribution >= 0.6 is 0 Å². The lowest BCUT2D eigenvalue weighted by Crippen LogP contribution is -2.45. The molecule has 0 unspecified atom stereocenters. The Balaban J connectivity index is 1.22. The van der Waals surface area contributed by atoms with Gasteiger partial charge in [0.1, 0.15) is 5.82 Å². The second-order valence-corrected chi connectivity index (χ2v) is 12.9. The molecule has 3 aromatic carbocycles. The number of fused-ring (bicyclic) bond motifs is 1. The summed E-state index contributed by atoms with van der Waals surface area (Å²) in [6.45, 7) is 7.27. The lowest BCUT2D eigenvalue weighted by molar-refractivity contribution is -0.137. The quantitative estimate of drug-likeness (QED) is 0.156. The molecular formula is C38H41F5N4O. The highest BCUT2D eigenvalue weighted by Crippen LogP contribution is 2.31. The molecule has 0 N–H and O–H groups in total. The molecule has 1 aliphatic heterocycles. The maximum atomic E-state index is 14.5. The zero-order valence-electron chi connectivity index (χ0n) is 27.2. The zero-order chi connectivity index (χ0) is 33.8. The van der Waals surface area contributed by atoms with Gasteiger partial charge in [-0.25, -0.2) is 8.78 Å². The second-order valence-electron chi connectivity index (χ2n) is 12.9. The van der Waals surface area contributed by atoms with E-state index in [1.54, 1.807) is 6.07 Å². The van der Waals surface area contributed by atoms with E-state index in [0.29, 0.717) is 37.8 Å². The minimum atomic E-state index is -4.37. The van der Waals surface area contributed by atoms with Crippen LogP contribution in [0.2, 0.25) is 0 Å². The Labute approximate surface area is 278 Å². The summed E-state index contributed by atoms with van der Waals surface area (Å²) in [4.78, 5) is 22.4. The maximum Gasteiger partial charge on any atom is 0.416 e. The van der Waals surface area contributed by atoms with E-state index in [-0.39, 0.29) is 17.5 Å². The summed E-state index contributed by atoms with van der Waals surface area (Å²) < 4.78 is 69.7. The number of aromatic nitrogens is 2. The summed E-state index contributed by atoms with van der Waals surface area (Å²) >= 11 is 0. The van der Waals surface area contributed by atoms with Crippen LogP contribution in [-0.4, -0.2) is 51.6 Å². The molecule has 48 heavy (non-hydrogen) atoms. The number of rotatable bonds is 11. The molecule has 254 valence electrons. The second kappa shape index (κ2) is 14.7. The predicted molar refractivity (Wildman–Crippen MR) is 177 cm³/mol. The Morgan fingerprint density at radius 2 is 1.58 bits per heavy atom. The predicted octanol–water partition coefficient (Wildman–Crippen LogP) is 7.47. The fourth-order valence-electron chi connectivity index (χ4n) is 7.21. The fraction of sp³-hybridized carbons (Fsp3) is 0.421. The molecule has 6 rings (SSSR count). The van der Waals surface area contributed by atoms with Gasteiger partial charge in [-0.2, -0.15) is 18.2 Å². The number of likely N-dealkylation sites (tertiary alicyclic amines) is 1. The summed E-state index contributed by atoms with van der Waals surface area (Å²) in [5.41, 5.74) is 3.83. The molecule has 4 aromatic rings. The van der Waals surface area contributed by atoms with Crippen molar-refractivity contribution in [3.05, 3.63) is 122 Å². The number of aryl methyl sites for hydroxylation is 2. The van der Waals surface area contributed by atoms with Crippen LogP contribution in [0.5, 0.6) is 0 Å². The third-order valence-corrected chi connectivity index (χ3v) is 9.98. The summed E-state index contributed by atoms with van der Waals surface area (Å²) in [6, 6.07) is 17.7. The molecule has 2 aliphatic rings. The van der Waals surface area contributed by atoms with E-state index in [1.807, 2.05) is 24.3 Å². The van der Waals surface area contributed by atoms with Gasteiger partial charge < -0.3 is 9.47 Å². The van der Waals surface area contributed by atoms with Crippen LogP contribution in [0.1, 0.15) is 60.0 Å². The Morgan fingerprint density at radius 3 is 2.25 bits per heavy atom. The van der Waals surface area contributed by atoms with E-state index in [9.17, 15) is 26.7 Å². The third kappa shape index (κ3) is 7.70. The van der Waals surface area contributed by atoms with Crippen molar-refractivity contribution in [2.45, 2.75) is 77.2 Å². The third-order valence-electron chi connectivity index (χ3n) is 9.98. The molecule has 0 saturated carbocycles. The van der Waals surface area contributed by atoms with Crippen molar-refractivity contribution in [3.8, 4) is 11.1 Å². The highest BCUT2D eigenvalue weighted by molar-refractivity contribution is 5.64. The van der Waals surface area contributed by atoms with E-state index < -0.39 is 23.4 Å². The Morgan fingerprint density at radius 1 is 0.896 bits per heavy atom. The number of hydrogen-bond acceptors (Lipinski definition) is 4. The van der Waals surface area contributed by atoms with Crippen LogP contribution in [0.4, 0.5) is 22.0 Å². The lowest BCUT2D eigenvalue weighted by atomic mass is 10.00. The normalized spacial score (nSPS) is 15.7. The fourth-order valence-corrected chi connectivity index (χ4v) is 7.21. The summed E-state index contributed by atoms with van der Waals surface area (Å²) in [5, 5.41) is 0. The van der Waals surface area contributed by atoms with Gasteiger partial charge in [-0.15, -0.1) is 0 Å². The molecule has 2 heterocycles. The van der Waals surface area contributed by atoms with Crippen molar-refractivity contribution in [3.63, 3.8) is 0 Å². The lowest BCUT2D eigenvalue weighted by Gasteiger charge is -2.38. The van der Waals surface area contributed by atoms with Gasteiger partial charge in [-0.3, -0.25) is 9.69 Å². The van der Waals surface area contributed by atoms with Crippen molar-refractivity contribution in [1.82, 2.24) is 19.4 Å². The summed E-state index contributed by atoms with van der Waals surface area (Å²) in [5.74, 6) is -1.14. The van der Waals surface area contributed by atoms with Gasteiger partial charge in [-0.05, 0) is 98.6 Å². The van der Waals surface area contributed by atoms with Crippen LogP contribution in [0.25, 0.3) is 11.1 Å². The van der Waals surface area contributed by atoms with Crippen molar-refractivity contribution >= 4 is 0 Å². The van der Waals surface area contributed by atoms with Crippen molar-refractivity contribution < 1.29 is 22.0 Å². The molecule has 1 aromatic heterocycles. The summed E-state index contributed by atoms with van der Waals surface area (Å²) in [6.07, 6.45) is 0.623. The number of halogens is 5. The van der Waals surface area contributed by atoms with E-state index in [1.165, 1.54) is 18.2 Å². The monoisotopic (exact) mass is 664 g/mol. The van der Waals surface area contributed by atoms with E-state index in [2.05, 4.69) is 26.3 Å². The van der Waals surface area contributed by atoms with Gasteiger partial charge in [0.25, 0.3) is 5.56 Å². The van der Waals surface area contributed by atoms with Crippen LogP contribution in [-0.2, 0) is 44.9 Å². The SMILES string of the molecule is CCN1CCC(N(CCn2c(CCc3cccc(F)c3F)nc(=O)c3c2CCC3)Cc2ccc(-c3ccc(C(F)(F)F)cc3)cc2)CC1. The first-order valence-electron chi connectivity index (χ1n) is 16.9.